The number of aryl methyl sites for hydroxylation is 2. The summed E-state index contributed by atoms with van der Waals surface area (Å²) in [6.07, 6.45) is 7.19. The standard InChI is InChI=1S/C31H32N2O3/c1-19-20(2)36-28-10-9-25(15-26(19)28)22-3-5-23(6-4-22)27-16-31(12-13-31)30(35)33(27)18-21-11-14-32(17-21)29(34)24-7-8-24/h3-6,9-10,15-16,21,24H,7-8,11-14,17-18H2,1-2H3/t21-/m1/s1. The second-order valence-electron chi connectivity index (χ2n) is 11.4. The SMILES string of the molecule is Cc1oc2ccc(-c3ccc(C4=CC5(CC5)C(=O)N4C[C@@H]4CCN(C(=O)C5CC5)C4)cc3)cc2c1C. The molecule has 1 aromatic heterocycles. The summed E-state index contributed by atoms with van der Waals surface area (Å²) >= 11 is 0. The van der Waals surface area contributed by atoms with Crippen LogP contribution in [0.15, 0.2) is 53.0 Å². The molecule has 5 heteroatoms. The van der Waals surface area contributed by atoms with Gasteiger partial charge in [-0.2, -0.15) is 0 Å². The Bertz CT molecular complexity index is 1420. The summed E-state index contributed by atoms with van der Waals surface area (Å²) in [5.41, 5.74) is 6.29. The molecule has 0 N–H and O–H groups in total. The molecular formula is C31H32N2O3. The molecule has 4 aliphatic rings. The van der Waals surface area contributed by atoms with Crippen LogP contribution < -0.4 is 0 Å². The van der Waals surface area contributed by atoms with Crippen molar-refractivity contribution in [3.8, 4) is 11.1 Å². The minimum atomic E-state index is -0.280. The van der Waals surface area contributed by atoms with Gasteiger partial charge in [0.25, 0.3) is 0 Å². The van der Waals surface area contributed by atoms with Crippen molar-refractivity contribution in [3.63, 3.8) is 0 Å². The average molecular weight is 481 g/mol. The van der Waals surface area contributed by atoms with Crippen LogP contribution in [0.5, 0.6) is 0 Å². The van der Waals surface area contributed by atoms with Gasteiger partial charge in [0.05, 0.1) is 5.41 Å². The number of amides is 2. The van der Waals surface area contributed by atoms with E-state index in [0.717, 1.165) is 84.3 Å². The molecule has 1 atom stereocenters. The van der Waals surface area contributed by atoms with E-state index in [0.29, 0.717) is 18.4 Å². The highest BCUT2D eigenvalue weighted by molar-refractivity contribution is 6.00. The number of hydrogen-bond donors (Lipinski definition) is 0. The minimum Gasteiger partial charge on any atom is -0.461 e. The Balaban J connectivity index is 1.13. The monoisotopic (exact) mass is 480 g/mol. The number of furan rings is 1. The maximum absolute atomic E-state index is 13.4. The predicted octanol–water partition coefficient (Wildman–Crippen LogP) is 5.94. The normalized spacial score (nSPS) is 22.7. The van der Waals surface area contributed by atoms with Crippen LogP contribution in [0.25, 0.3) is 27.8 Å². The van der Waals surface area contributed by atoms with Crippen LogP contribution in [0.4, 0.5) is 0 Å². The van der Waals surface area contributed by atoms with Crippen molar-refractivity contribution >= 4 is 28.5 Å². The third-order valence-corrected chi connectivity index (χ3v) is 8.82. The van der Waals surface area contributed by atoms with Crippen LogP contribution >= 0.6 is 0 Å². The first kappa shape index (κ1) is 21.9. The molecule has 0 radical (unpaired) electrons. The van der Waals surface area contributed by atoms with Gasteiger partial charge in [-0.05, 0) is 92.3 Å². The molecule has 2 aliphatic heterocycles. The number of likely N-dealkylation sites (tertiary alicyclic amines) is 1. The van der Waals surface area contributed by atoms with E-state index < -0.39 is 0 Å². The zero-order chi connectivity index (χ0) is 24.6. The quantitative estimate of drug-likeness (QED) is 0.454. The molecule has 3 aromatic rings. The Hall–Kier alpha value is -3.34. The fourth-order valence-electron chi connectivity index (χ4n) is 6.08. The van der Waals surface area contributed by atoms with E-state index in [-0.39, 0.29) is 17.2 Å². The number of hydrogen-bond acceptors (Lipinski definition) is 3. The van der Waals surface area contributed by atoms with Crippen LogP contribution in [0.1, 0.15) is 49.0 Å². The number of carbonyl (C=O) groups excluding carboxylic acids is 2. The lowest BCUT2D eigenvalue weighted by molar-refractivity contribution is -0.131. The van der Waals surface area contributed by atoms with Crippen LogP contribution in [-0.4, -0.2) is 41.2 Å². The molecule has 3 heterocycles. The molecule has 7 rings (SSSR count). The van der Waals surface area contributed by atoms with Crippen LogP contribution in [0.3, 0.4) is 0 Å². The van der Waals surface area contributed by atoms with Crippen molar-refractivity contribution in [2.75, 3.05) is 19.6 Å². The Labute approximate surface area is 211 Å². The number of nitrogens with zero attached hydrogens (tertiary/aromatic N) is 2. The molecule has 1 saturated heterocycles. The third-order valence-electron chi connectivity index (χ3n) is 8.82. The van der Waals surface area contributed by atoms with Gasteiger partial charge in [-0.25, -0.2) is 0 Å². The lowest BCUT2D eigenvalue weighted by Crippen LogP contribution is -2.35. The zero-order valence-electron chi connectivity index (χ0n) is 21.0. The van der Waals surface area contributed by atoms with E-state index in [1.807, 2.05) is 22.8 Å². The molecular weight excluding hydrogens is 448 g/mol. The molecule has 2 aliphatic carbocycles. The highest BCUT2D eigenvalue weighted by Crippen LogP contribution is 2.55. The van der Waals surface area contributed by atoms with Gasteiger partial charge in [0, 0.05) is 36.6 Å². The minimum absolute atomic E-state index is 0.254. The smallest absolute Gasteiger partial charge is 0.237 e. The summed E-state index contributed by atoms with van der Waals surface area (Å²) in [4.78, 5) is 30.0. The van der Waals surface area contributed by atoms with Gasteiger partial charge >= 0.3 is 0 Å². The first-order chi connectivity index (χ1) is 17.4. The molecule has 184 valence electrons. The number of rotatable bonds is 5. The average Bonchev–Trinajstić information content (AvgIpc) is 3.80. The fraction of sp³-hybridized carbons (Fsp3) is 0.419. The van der Waals surface area contributed by atoms with Crippen LogP contribution in [0.2, 0.25) is 0 Å². The second-order valence-corrected chi connectivity index (χ2v) is 11.4. The van der Waals surface area contributed by atoms with Gasteiger partial charge in [0.2, 0.25) is 11.8 Å². The maximum atomic E-state index is 13.4. The van der Waals surface area contributed by atoms with Crippen molar-refractivity contribution < 1.29 is 14.0 Å². The lowest BCUT2D eigenvalue weighted by Gasteiger charge is -2.25. The van der Waals surface area contributed by atoms with Gasteiger partial charge in [0.1, 0.15) is 11.3 Å². The van der Waals surface area contributed by atoms with Gasteiger partial charge in [-0.15, -0.1) is 0 Å². The fourth-order valence-corrected chi connectivity index (χ4v) is 6.08. The van der Waals surface area contributed by atoms with E-state index in [1.54, 1.807) is 0 Å². The predicted molar refractivity (Wildman–Crippen MR) is 140 cm³/mol. The molecule has 2 saturated carbocycles. The van der Waals surface area contributed by atoms with Crippen LogP contribution in [0, 0.1) is 31.1 Å². The van der Waals surface area contributed by atoms with Gasteiger partial charge in [-0.3, -0.25) is 9.59 Å². The first-order valence-electron chi connectivity index (χ1n) is 13.4. The van der Waals surface area contributed by atoms with Crippen molar-refractivity contribution in [1.29, 1.82) is 0 Å². The van der Waals surface area contributed by atoms with E-state index in [4.69, 9.17) is 4.42 Å². The Morgan fingerprint density at radius 3 is 2.44 bits per heavy atom. The van der Waals surface area contributed by atoms with Gasteiger partial charge < -0.3 is 14.2 Å². The van der Waals surface area contributed by atoms with E-state index in [1.165, 1.54) is 5.56 Å². The summed E-state index contributed by atoms with van der Waals surface area (Å²) in [5, 5.41) is 1.16. The van der Waals surface area contributed by atoms with Gasteiger partial charge in [0.15, 0.2) is 0 Å². The number of fused-ring (bicyclic) bond motifs is 1. The number of benzene rings is 2. The summed E-state index contributed by atoms with van der Waals surface area (Å²) < 4.78 is 5.85. The molecule has 5 nitrogen and oxygen atoms in total. The summed E-state index contributed by atoms with van der Waals surface area (Å²) in [5.74, 6) is 2.16. The Morgan fingerprint density at radius 1 is 1.00 bits per heavy atom. The highest BCUT2D eigenvalue weighted by atomic mass is 16.3. The van der Waals surface area contributed by atoms with Crippen molar-refractivity contribution in [2.24, 2.45) is 17.3 Å². The molecule has 3 fully saturated rings. The molecule has 1 spiro atoms. The highest BCUT2D eigenvalue weighted by Gasteiger charge is 2.55. The topological polar surface area (TPSA) is 53.8 Å². The molecule has 2 aromatic carbocycles. The molecule has 0 bridgehead atoms. The van der Waals surface area contributed by atoms with Crippen molar-refractivity contribution in [1.82, 2.24) is 9.80 Å². The lowest BCUT2D eigenvalue weighted by atomic mass is 10.00. The summed E-state index contributed by atoms with van der Waals surface area (Å²) in [6.45, 7) is 6.44. The van der Waals surface area contributed by atoms with Crippen LogP contribution in [-0.2, 0) is 9.59 Å². The zero-order valence-corrected chi connectivity index (χ0v) is 21.0. The summed E-state index contributed by atoms with van der Waals surface area (Å²) in [6, 6.07) is 15.0. The van der Waals surface area contributed by atoms with Gasteiger partial charge in [-0.1, -0.05) is 30.3 Å². The maximum Gasteiger partial charge on any atom is 0.237 e. The van der Waals surface area contributed by atoms with E-state index in [9.17, 15) is 9.59 Å². The van der Waals surface area contributed by atoms with E-state index >= 15 is 0 Å². The number of carbonyl (C=O) groups is 2. The first-order valence-corrected chi connectivity index (χ1v) is 13.4. The second kappa shape index (κ2) is 7.83. The summed E-state index contributed by atoms with van der Waals surface area (Å²) in [7, 11) is 0. The Kier molecular flexibility index (Phi) is 4.76. The van der Waals surface area contributed by atoms with E-state index in [2.05, 4.69) is 49.4 Å². The Morgan fingerprint density at radius 2 is 1.72 bits per heavy atom. The molecule has 2 amide bonds. The largest absolute Gasteiger partial charge is 0.461 e. The van der Waals surface area contributed by atoms with Crippen molar-refractivity contribution in [3.05, 3.63) is 65.4 Å². The third kappa shape index (κ3) is 3.51. The molecule has 0 unspecified atom stereocenters. The molecule has 36 heavy (non-hydrogen) atoms. The van der Waals surface area contributed by atoms with Crippen molar-refractivity contribution in [2.45, 2.75) is 46.0 Å².